The van der Waals surface area contributed by atoms with Crippen molar-refractivity contribution >= 4 is 23.7 Å². The van der Waals surface area contributed by atoms with Crippen LogP contribution in [0.1, 0.15) is 33.1 Å². The number of amides is 3. The molecule has 0 radical (unpaired) electrons. The molecule has 8 heteroatoms. The lowest BCUT2D eigenvalue weighted by molar-refractivity contribution is -0.130. The van der Waals surface area contributed by atoms with Crippen molar-refractivity contribution in [3.63, 3.8) is 0 Å². The number of hydrogen-bond acceptors (Lipinski definition) is 5. The van der Waals surface area contributed by atoms with Crippen LogP contribution in [0.3, 0.4) is 0 Å². The Morgan fingerprint density at radius 2 is 2.07 bits per heavy atom. The van der Waals surface area contributed by atoms with Crippen molar-refractivity contribution in [2.75, 3.05) is 18.9 Å². The highest BCUT2D eigenvalue weighted by atomic mass is 32.2. The predicted octanol–water partition coefficient (Wildman–Crippen LogP) is 3.54. The molecule has 0 bridgehead atoms. The summed E-state index contributed by atoms with van der Waals surface area (Å²) in [4.78, 5) is 30.3. The van der Waals surface area contributed by atoms with Crippen LogP contribution in [-0.4, -0.2) is 56.9 Å². The number of nitrogens with zero attached hydrogens (tertiary/aromatic N) is 3. The van der Waals surface area contributed by atoms with Gasteiger partial charge in [0.25, 0.3) is 5.91 Å². The van der Waals surface area contributed by atoms with Gasteiger partial charge in [-0.25, -0.2) is 9.78 Å². The Morgan fingerprint density at radius 1 is 1.27 bits per heavy atom. The molecule has 0 saturated carbocycles. The molecule has 2 aromatic rings. The third-order valence-corrected chi connectivity index (χ3v) is 6.58. The highest BCUT2D eigenvalue weighted by Crippen LogP contribution is 2.29. The quantitative estimate of drug-likeness (QED) is 0.395. The summed E-state index contributed by atoms with van der Waals surface area (Å²) in [5.74, 6) is 0.609. The first kappa shape index (κ1) is 20.9. The maximum atomic E-state index is 12.3. The molecule has 2 aliphatic rings. The zero-order valence-electron chi connectivity index (χ0n) is 17.5. The Labute approximate surface area is 181 Å². The molecule has 4 rings (SSSR count). The van der Waals surface area contributed by atoms with E-state index in [1.807, 2.05) is 24.4 Å². The van der Waals surface area contributed by atoms with Crippen LogP contribution in [0, 0.1) is 0 Å². The summed E-state index contributed by atoms with van der Waals surface area (Å²) in [5.41, 5.74) is 1.41. The highest BCUT2D eigenvalue weighted by molar-refractivity contribution is 7.99. The fraction of sp³-hybridized carbons (Fsp3) is 0.500. The predicted molar refractivity (Wildman–Crippen MR) is 116 cm³/mol. The number of thioether (sulfide) groups is 1. The maximum Gasteiger partial charge on any atom is 0.325 e. The summed E-state index contributed by atoms with van der Waals surface area (Å²) in [5, 5.41) is 3.67. The Hall–Kier alpha value is -2.32. The number of urea groups is 1. The summed E-state index contributed by atoms with van der Waals surface area (Å²) in [6.07, 6.45) is 5.03. The molecule has 30 heavy (non-hydrogen) atoms. The lowest BCUT2D eigenvalue weighted by Crippen LogP contribution is -2.40. The van der Waals surface area contributed by atoms with Gasteiger partial charge in [-0.05, 0) is 38.7 Å². The van der Waals surface area contributed by atoms with Crippen molar-refractivity contribution < 1.29 is 14.3 Å². The van der Waals surface area contributed by atoms with E-state index in [2.05, 4.69) is 27.0 Å². The number of rotatable bonds is 8. The molecular formula is C22H28N4O3S. The summed E-state index contributed by atoms with van der Waals surface area (Å²) in [7, 11) is 0. The van der Waals surface area contributed by atoms with Gasteiger partial charge >= 0.3 is 6.03 Å². The number of nitrogens with one attached hydrogen (secondary N) is 1. The first-order valence-electron chi connectivity index (χ1n) is 10.4. The summed E-state index contributed by atoms with van der Waals surface area (Å²) in [6.45, 7) is 5.49. The zero-order chi connectivity index (χ0) is 21.1. The van der Waals surface area contributed by atoms with E-state index < -0.39 is 5.54 Å². The molecular weight excluding hydrogens is 400 g/mol. The van der Waals surface area contributed by atoms with Crippen LogP contribution in [0.25, 0.3) is 11.3 Å². The number of aromatic nitrogens is 2. The van der Waals surface area contributed by atoms with Crippen molar-refractivity contribution in [3.8, 4) is 11.3 Å². The molecule has 3 amide bonds. The molecule has 7 nitrogen and oxygen atoms in total. The van der Waals surface area contributed by atoms with Gasteiger partial charge in [0.05, 0.1) is 24.5 Å². The molecule has 1 N–H and O–H groups in total. The monoisotopic (exact) mass is 428 g/mol. The minimum absolute atomic E-state index is 0.163. The minimum Gasteiger partial charge on any atom is -0.376 e. The van der Waals surface area contributed by atoms with E-state index in [-0.39, 0.29) is 18.0 Å². The fourth-order valence-corrected chi connectivity index (χ4v) is 4.80. The van der Waals surface area contributed by atoms with Crippen LogP contribution in [0.4, 0.5) is 4.79 Å². The summed E-state index contributed by atoms with van der Waals surface area (Å²) < 4.78 is 8.10. The Kier molecular flexibility index (Phi) is 6.15. The van der Waals surface area contributed by atoms with Crippen molar-refractivity contribution in [1.82, 2.24) is 19.8 Å². The average Bonchev–Trinajstić information content (AvgIpc) is 3.42. The van der Waals surface area contributed by atoms with E-state index in [9.17, 15) is 9.59 Å². The molecule has 3 heterocycles. The van der Waals surface area contributed by atoms with Crippen LogP contribution >= 0.6 is 11.8 Å². The minimum atomic E-state index is -0.813. The first-order valence-corrected chi connectivity index (χ1v) is 11.4. The van der Waals surface area contributed by atoms with Gasteiger partial charge in [-0.1, -0.05) is 42.1 Å². The van der Waals surface area contributed by atoms with Gasteiger partial charge in [0.2, 0.25) is 0 Å². The van der Waals surface area contributed by atoms with Crippen LogP contribution in [0.15, 0.2) is 41.7 Å². The maximum absolute atomic E-state index is 12.3. The summed E-state index contributed by atoms with van der Waals surface area (Å²) >= 11 is 1.66. The Morgan fingerprint density at radius 3 is 2.73 bits per heavy atom. The fourth-order valence-electron chi connectivity index (χ4n) is 3.89. The number of benzene rings is 1. The largest absolute Gasteiger partial charge is 0.376 e. The molecule has 2 saturated heterocycles. The topological polar surface area (TPSA) is 76.5 Å². The molecule has 1 unspecified atom stereocenters. The molecule has 1 aromatic heterocycles. The lowest BCUT2D eigenvalue weighted by Gasteiger charge is -2.17. The lowest BCUT2D eigenvalue weighted by atomic mass is 10.1. The molecule has 1 aromatic carbocycles. The van der Waals surface area contributed by atoms with E-state index in [4.69, 9.17) is 4.74 Å². The van der Waals surface area contributed by atoms with E-state index in [1.165, 1.54) is 4.90 Å². The van der Waals surface area contributed by atoms with Crippen molar-refractivity contribution in [3.05, 3.63) is 36.5 Å². The molecule has 1 atom stereocenters. The molecule has 160 valence electrons. The van der Waals surface area contributed by atoms with E-state index >= 15 is 0 Å². The van der Waals surface area contributed by atoms with Crippen LogP contribution in [0.2, 0.25) is 0 Å². The second-order valence-corrected chi connectivity index (χ2v) is 9.31. The number of carbonyl (C=O) groups is 2. The number of ether oxygens (including phenoxy) is 1. The van der Waals surface area contributed by atoms with Crippen molar-refractivity contribution in [2.45, 2.75) is 56.5 Å². The normalized spacial score (nSPS) is 20.7. The standard InChI is InChI=1S/C22H28N4O3S/c1-22(2)19(27)25(20(28)24-22)11-7-13-30-21-23-14-18(16-8-4-3-5-9-16)26(21)15-17-10-6-12-29-17/h3-5,8-9,14,17H,6-7,10-13,15H2,1-2H3,(H,24,28). The number of carbonyl (C=O) groups excluding carboxylic acids is 2. The van der Waals surface area contributed by atoms with Crippen LogP contribution < -0.4 is 5.32 Å². The molecule has 2 fully saturated rings. The zero-order valence-corrected chi connectivity index (χ0v) is 18.3. The molecule has 0 aliphatic carbocycles. The third-order valence-electron chi connectivity index (χ3n) is 5.50. The number of imide groups is 1. The van der Waals surface area contributed by atoms with Crippen molar-refractivity contribution in [1.29, 1.82) is 0 Å². The van der Waals surface area contributed by atoms with Gasteiger partial charge in [-0.2, -0.15) is 0 Å². The SMILES string of the molecule is CC1(C)NC(=O)N(CCCSc2ncc(-c3ccccc3)n2CC2CCCO2)C1=O. The van der Waals surface area contributed by atoms with Crippen LogP contribution in [0.5, 0.6) is 0 Å². The second kappa shape index (κ2) is 8.81. The number of imidazole rings is 1. The average molecular weight is 429 g/mol. The third kappa shape index (κ3) is 4.39. The van der Waals surface area contributed by atoms with Crippen molar-refractivity contribution in [2.24, 2.45) is 0 Å². The smallest absolute Gasteiger partial charge is 0.325 e. The van der Waals surface area contributed by atoms with Gasteiger partial charge in [-0.15, -0.1) is 0 Å². The van der Waals surface area contributed by atoms with Gasteiger partial charge in [0.1, 0.15) is 5.54 Å². The van der Waals surface area contributed by atoms with Crippen LogP contribution in [-0.2, 0) is 16.1 Å². The number of hydrogen-bond donors (Lipinski definition) is 1. The van der Waals surface area contributed by atoms with Gasteiger partial charge < -0.3 is 14.6 Å². The van der Waals surface area contributed by atoms with E-state index in [1.54, 1.807) is 25.6 Å². The molecule has 0 spiro atoms. The first-order chi connectivity index (χ1) is 14.5. The van der Waals surface area contributed by atoms with Gasteiger partial charge in [0, 0.05) is 18.9 Å². The van der Waals surface area contributed by atoms with Gasteiger partial charge in [-0.3, -0.25) is 9.69 Å². The summed E-state index contributed by atoms with van der Waals surface area (Å²) in [6, 6.07) is 9.96. The second-order valence-electron chi connectivity index (χ2n) is 8.25. The Bertz CT molecular complexity index is 906. The van der Waals surface area contributed by atoms with E-state index in [0.717, 1.165) is 48.2 Å². The highest BCUT2D eigenvalue weighted by Gasteiger charge is 2.43. The molecule has 2 aliphatic heterocycles. The Balaban J connectivity index is 1.41. The van der Waals surface area contributed by atoms with Gasteiger partial charge in [0.15, 0.2) is 5.16 Å². The van der Waals surface area contributed by atoms with E-state index in [0.29, 0.717) is 13.0 Å².